The Morgan fingerprint density at radius 2 is 0.714 bits per heavy atom. The van der Waals surface area contributed by atoms with Crippen molar-refractivity contribution >= 4 is 85.9 Å². The molecule has 0 spiro atoms. The smallest absolute Gasteiger partial charge is 0.324 e. The van der Waals surface area contributed by atoms with Crippen molar-refractivity contribution in [1.82, 2.24) is 76.3 Å². The van der Waals surface area contributed by atoms with Crippen molar-refractivity contribution in [2.75, 3.05) is 118 Å². The number of rotatable bonds is 30. The number of hydrogen-bond acceptors (Lipinski definition) is 15. The first kappa shape index (κ1) is 78.7. The number of likely N-dealkylation sites (tertiary alicyclic amines) is 3. The van der Waals surface area contributed by atoms with E-state index in [1.54, 1.807) is 0 Å². The number of benzene rings is 3. The van der Waals surface area contributed by atoms with Crippen molar-refractivity contribution in [3.05, 3.63) is 145 Å². The van der Waals surface area contributed by atoms with Gasteiger partial charge in [0.15, 0.2) is 0 Å². The Morgan fingerprint density at radius 3 is 0.962 bits per heavy atom. The summed E-state index contributed by atoms with van der Waals surface area (Å²) >= 11 is 0. The third-order valence-corrected chi connectivity index (χ3v) is 21.7. The van der Waals surface area contributed by atoms with E-state index in [2.05, 4.69) is 154 Å². The van der Waals surface area contributed by atoms with Crippen LogP contribution in [0.1, 0.15) is 131 Å². The number of nitrogens with zero attached hydrogens (tertiary/aromatic N) is 6. The van der Waals surface area contributed by atoms with Crippen LogP contribution in [-0.2, 0) is 48.0 Å². The van der Waals surface area contributed by atoms with Crippen LogP contribution in [0.25, 0.3) is 32.7 Å². The summed E-state index contributed by atoms with van der Waals surface area (Å²) in [5.41, 5.74) is 11.3. The van der Waals surface area contributed by atoms with Gasteiger partial charge in [0.1, 0.15) is 17.3 Å². The van der Waals surface area contributed by atoms with E-state index in [1.165, 1.54) is 85.0 Å². The molecule has 3 aliphatic carbocycles. The van der Waals surface area contributed by atoms with Crippen LogP contribution < -0.4 is 31.9 Å². The van der Waals surface area contributed by atoms with Crippen LogP contribution in [0.15, 0.2) is 111 Å². The third kappa shape index (κ3) is 18.7. The number of aromatic nitrogens is 3. The minimum atomic E-state index is -0.347. The number of amides is 9. The van der Waals surface area contributed by atoms with Gasteiger partial charge in [0.05, 0.1) is 37.4 Å². The van der Waals surface area contributed by atoms with Crippen molar-refractivity contribution in [3.8, 4) is 0 Å². The number of imide groups is 3. The number of urea groups is 3. The zero-order valence-corrected chi connectivity index (χ0v) is 62.4. The fourth-order valence-corrected chi connectivity index (χ4v) is 17.3. The first-order valence-corrected chi connectivity index (χ1v) is 38.0. The lowest BCUT2D eigenvalue weighted by molar-refractivity contribution is -0.136. The van der Waals surface area contributed by atoms with Crippen LogP contribution in [-0.4, -0.2) is 233 Å². The highest BCUT2D eigenvalue weighted by molar-refractivity contribution is 5.98. The zero-order chi connectivity index (χ0) is 74.8. The summed E-state index contributed by atoms with van der Waals surface area (Å²) in [6, 6.07) is 19.0. The maximum absolute atomic E-state index is 13.8. The highest BCUT2D eigenvalue weighted by atomic mass is 16.2. The van der Waals surface area contributed by atoms with Crippen LogP contribution >= 0.6 is 0 Å². The molecule has 12 rings (SSSR count). The van der Waals surface area contributed by atoms with Gasteiger partial charge in [0.25, 0.3) is 0 Å². The zero-order valence-electron chi connectivity index (χ0n) is 62.4. The van der Waals surface area contributed by atoms with E-state index >= 15 is 0 Å². The van der Waals surface area contributed by atoms with Crippen LogP contribution in [0.5, 0.6) is 0 Å². The number of carbonyl (C=O) groups excluding carboxylic acids is 9. The Morgan fingerprint density at radius 1 is 0.438 bits per heavy atom. The van der Waals surface area contributed by atoms with Crippen molar-refractivity contribution in [3.63, 3.8) is 0 Å². The van der Waals surface area contributed by atoms with Crippen LogP contribution in [0.3, 0.4) is 0 Å². The van der Waals surface area contributed by atoms with Gasteiger partial charge in [0, 0.05) is 166 Å². The molecule has 3 aromatic heterocycles. The molecular formula is C81H111N15O9. The predicted octanol–water partition coefficient (Wildman–Crippen LogP) is 8.43. The van der Waals surface area contributed by atoms with E-state index in [0.29, 0.717) is 155 Å². The highest BCUT2D eigenvalue weighted by Gasteiger charge is 2.48. The predicted molar refractivity (Wildman–Crippen MR) is 412 cm³/mol. The van der Waals surface area contributed by atoms with Gasteiger partial charge in [-0.05, 0) is 171 Å². The molecular weight excluding hydrogens is 1330 g/mol. The summed E-state index contributed by atoms with van der Waals surface area (Å²) in [6.07, 6.45) is 18.8. The fraction of sp³-hybridized carbons (Fsp3) is 0.519. The molecule has 9 N–H and O–H groups in total. The summed E-state index contributed by atoms with van der Waals surface area (Å²) in [7, 11) is 0. The molecule has 0 saturated carbocycles. The normalized spacial score (nSPS) is 21.4. The Hall–Kier alpha value is -8.91. The Balaban J connectivity index is 0.000000169. The van der Waals surface area contributed by atoms with E-state index in [-0.39, 0.29) is 88.7 Å². The Bertz CT molecular complexity index is 3690. The molecule has 0 bridgehead atoms. The second kappa shape index (κ2) is 37.4. The van der Waals surface area contributed by atoms with Crippen molar-refractivity contribution in [2.24, 2.45) is 17.8 Å². The van der Waals surface area contributed by atoms with Gasteiger partial charge in [-0.2, -0.15) is 0 Å². The third-order valence-electron chi connectivity index (χ3n) is 21.7. The molecule has 24 nitrogen and oxygen atoms in total. The lowest BCUT2D eigenvalue weighted by Gasteiger charge is -2.47. The number of carbonyl (C=O) groups is 9. The van der Waals surface area contributed by atoms with Crippen LogP contribution in [0.4, 0.5) is 14.4 Å². The molecule has 3 aliphatic heterocycles. The molecule has 9 amide bonds. The van der Waals surface area contributed by atoms with E-state index in [1.807, 2.05) is 39.0 Å². The molecule has 0 radical (unpaired) electrons. The molecule has 9 atom stereocenters. The second-order valence-corrected chi connectivity index (χ2v) is 29.1. The first-order valence-electron chi connectivity index (χ1n) is 38.0. The molecule has 564 valence electrons. The topological polar surface area (TPSA) is 293 Å². The Kier molecular flexibility index (Phi) is 28.0. The Labute approximate surface area is 617 Å². The van der Waals surface area contributed by atoms with Gasteiger partial charge in [0.2, 0.25) is 17.7 Å². The molecule has 6 heterocycles. The van der Waals surface area contributed by atoms with E-state index in [4.69, 9.17) is 0 Å². The summed E-state index contributed by atoms with van der Waals surface area (Å²) < 4.78 is 0. The van der Waals surface area contributed by atoms with Crippen molar-refractivity contribution in [2.45, 2.75) is 135 Å². The van der Waals surface area contributed by atoms with E-state index in [0.717, 1.165) is 55.1 Å². The average molecular weight is 1440 g/mol. The van der Waals surface area contributed by atoms with Gasteiger partial charge in [-0.25, -0.2) is 14.4 Å². The van der Waals surface area contributed by atoms with Gasteiger partial charge < -0.3 is 46.9 Å². The number of Topliss-reactive ketones (excluding diaryl/α,β-unsaturated/α-hetero) is 3. The summed E-state index contributed by atoms with van der Waals surface area (Å²) in [5.74, 6) is -0.351. The number of ketones is 3. The van der Waals surface area contributed by atoms with Gasteiger partial charge >= 0.3 is 18.1 Å². The fourth-order valence-electron chi connectivity index (χ4n) is 17.3. The minimum absolute atomic E-state index is 0.0637. The molecule has 6 aliphatic rings. The lowest BCUT2D eigenvalue weighted by atomic mass is 9.72. The van der Waals surface area contributed by atoms with Crippen molar-refractivity contribution in [1.29, 1.82) is 0 Å². The number of nitrogens with one attached hydrogen (secondary N) is 9. The highest BCUT2D eigenvalue weighted by Crippen LogP contribution is 2.48. The van der Waals surface area contributed by atoms with E-state index < -0.39 is 0 Å². The van der Waals surface area contributed by atoms with Gasteiger partial charge in [-0.15, -0.1) is 19.7 Å². The lowest BCUT2D eigenvalue weighted by Crippen LogP contribution is -2.55. The second-order valence-electron chi connectivity index (χ2n) is 29.1. The van der Waals surface area contributed by atoms with Gasteiger partial charge in [-0.3, -0.25) is 58.2 Å². The number of H-pyrrole nitrogens is 3. The molecule has 6 aromatic rings. The number of piperidine rings is 3. The molecule has 105 heavy (non-hydrogen) atoms. The minimum Gasteiger partial charge on any atom is -0.361 e. The molecule has 3 aromatic carbocycles. The van der Waals surface area contributed by atoms with E-state index in [9.17, 15) is 43.2 Å². The molecule has 3 fully saturated rings. The van der Waals surface area contributed by atoms with Gasteiger partial charge in [-0.1, -0.05) is 54.6 Å². The van der Waals surface area contributed by atoms with Crippen LogP contribution in [0, 0.1) is 17.8 Å². The maximum atomic E-state index is 13.8. The SMILES string of the molecule is C=CCN1C[C@H](C(=O)N(CCCNCC(C)=O)C(=O)NCC)C[C@@H]2c3cccc4[nH]cc(c34)C[C@H]21.C=CCN1C[C@H](C(=O)N(CCCNCC(C)=O)C(=O)NCC)C[C@@H]2c3cccc4[nH]cc(c34)C[C@H]21.C=CCN1C[C@H](C(=O)N(CCCNCC(C)=O)C(=O)NCC)C[C@@H]2c3cccc4[nH]cc(c34)C[C@H]21. The van der Waals surface area contributed by atoms with Crippen LogP contribution in [0.2, 0.25) is 0 Å². The first-order chi connectivity index (χ1) is 50.8. The number of fused-ring (bicyclic) bond motifs is 6. The monoisotopic (exact) mass is 1440 g/mol. The number of aromatic amines is 3. The standard InChI is InChI=1S/3C27H37N5O3/c3*1-4-11-31-17-20(26(34)32(27(35)29-5-2)12-7-10-28-15-18(3)33)13-22-21-8-6-9-23-25(21)19(16-30-23)14-24(22)31/h3*4,6,8-9,16,20,22,24,28,30H,1,5,7,10-15,17H2,2-3H3,(H,29,35)/t3*20-,22-,24-/m111/s1. The largest absolute Gasteiger partial charge is 0.361 e. The summed E-state index contributed by atoms with van der Waals surface area (Å²) in [4.78, 5) is 135. The molecule has 24 heteroatoms. The van der Waals surface area contributed by atoms with Crippen molar-refractivity contribution < 1.29 is 43.2 Å². The molecule has 0 unspecified atom stereocenters. The number of hydrogen-bond donors (Lipinski definition) is 9. The summed E-state index contributed by atoms with van der Waals surface area (Å²) in [5, 5.41) is 21.5. The quantitative estimate of drug-likeness (QED) is 0.0151. The average Bonchev–Trinajstić information content (AvgIpc) is 1.71. The molecule has 3 saturated heterocycles. The summed E-state index contributed by atoms with van der Waals surface area (Å²) in [6.45, 7) is 30.9. The maximum Gasteiger partial charge on any atom is 0.324 e.